The summed E-state index contributed by atoms with van der Waals surface area (Å²) in [5.74, 6) is 7.12. The molecule has 0 saturated carbocycles. The van der Waals surface area contributed by atoms with Crippen molar-refractivity contribution >= 4 is 10.1 Å². The number of fused-ring (bicyclic) bond motifs is 4. The van der Waals surface area contributed by atoms with Gasteiger partial charge in [0.05, 0.1) is 66.3 Å². The van der Waals surface area contributed by atoms with E-state index >= 15 is 0 Å². The molecule has 92 heavy (non-hydrogen) atoms. The van der Waals surface area contributed by atoms with Crippen LogP contribution in [-0.2, 0) is 29.1 Å². The molecule has 12 atom stereocenters. The van der Waals surface area contributed by atoms with Gasteiger partial charge in [-0.25, -0.2) is 0 Å². The van der Waals surface area contributed by atoms with Gasteiger partial charge in [0.15, 0.2) is 0 Å². The third-order valence-electron chi connectivity index (χ3n) is 25.3. The molecule has 10 rings (SSSR count). The maximum atomic E-state index is 10.5. The van der Waals surface area contributed by atoms with Crippen LogP contribution in [0.1, 0.15) is 286 Å². The van der Waals surface area contributed by atoms with Crippen molar-refractivity contribution in [1.29, 1.82) is 0 Å². The number of aliphatic hydroxyl groups is 4. The third-order valence-corrected chi connectivity index (χ3v) is 25.3. The Morgan fingerprint density at radius 1 is 0.446 bits per heavy atom. The van der Waals surface area contributed by atoms with Crippen LogP contribution in [0, 0.1) is 71.0 Å². The Hall–Kier alpha value is -1.97. The molecule has 4 saturated heterocycles. The summed E-state index contributed by atoms with van der Waals surface area (Å²) < 4.78 is 50.2. The van der Waals surface area contributed by atoms with Crippen molar-refractivity contribution in [2.45, 2.75) is 320 Å². The first-order chi connectivity index (χ1) is 43.0. The highest BCUT2D eigenvalue weighted by atomic mass is 32.2. The summed E-state index contributed by atoms with van der Waals surface area (Å²) in [5, 5.41) is 39.8. The van der Waals surface area contributed by atoms with Crippen LogP contribution in [-0.4, -0.2) is 113 Å². The monoisotopic (exact) mass is 1310 g/mol. The third kappa shape index (κ3) is 21.5. The molecule has 10 aliphatic rings. The van der Waals surface area contributed by atoms with Crippen LogP contribution in [0.4, 0.5) is 0 Å². The number of ether oxygens (including phenoxy) is 4. The Kier molecular flexibility index (Phi) is 35.2. The Labute approximate surface area is 566 Å². The van der Waals surface area contributed by atoms with Crippen LogP contribution in [0.3, 0.4) is 0 Å². The fourth-order valence-corrected chi connectivity index (χ4v) is 18.6. The highest BCUT2D eigenvalue weighted by Gasteiger charge is 2.51. The summed E-state index contributed by atoms with van der Waals surface area (Å²) in [7, 11) is -3.67. The average Bonchev–Trinajstić information content (AvgIpc) is 1.67. The van der Waals surface area contributed by atoms with Gasteiger partial charge in [0.1, 0.15) is 0 Å². The number of hydrogen-bond acceptors (Lipinski definition) is 10. The van der Waals surface area contributed by atoms with Crippen LogP contribution in [0.5, 0.6) is 0 Å². The van der Waals surface area contributed by atoms with E-state index in [4.69, 9.17) is 23.5 Å². The summed E-state index contributed by atoms with van der Waals surface area (Å²) in [6.07, 6.45) is 41.4. The minimum Gasteiger partial charge on any atom is -0.396 e. The highest BCUT2D eigenvalue weighted by Crippen LogP contribution is 2.52. The van der Waals surface area contributed by atoms with Gasteiger partial charge < -0.3 is 39.4 Å². The van der Waals surface area contributed by atoms with E-state index in [1.807, 2.05) is 27.7 Å². The molecule has 6 aliphatic carbocycles. The lowest BCUT2D eigenvalue weighted by Gasteiger charge is -2.41. The molecule has 4 heterocycles. The normalized spacial score (nSPS) is 31.1. The Morgan fingerprint density at radius 3 is 1.38 bits per heavy atom. The quantitative estimate of drug-likeness (QED) is 0.0736. The van der Waals surface area contributed by atoms with Crippen molar-refractivity contribution in [2.75, 3.05) is 45.9 Å². The van der Waals surface area contributed by atoms with Crippen molar-refractivity contribution in [3.8, 4) is 0 Å². The van der Waals surface area contributed by atoms with Crippen LogP contribution in [0.2, 0.25) is 0 Å². The minimum absolute atomic E-state index is 0. The molecule has 0 aromatic carbocycles. The second-order valence-electron chi connectivity index (χ2n) is 30.1. The van der Waals surface area contributed by atoms with Crippen LogP contribution >= 0.6 is 0 Å². The largest absolute Gasteiger partial charge is 0.396 e. The van der Waals surface area contributed by atoms with E-state index in [0.717, 1.165) is 126 Å². The van der Waals surface area contributed by atoms with E-state index in [-0.39, 0.29) is 66.7 Å². The van der Waals surface area contributed by atoms with Gasteiger partial charge in [0, 0.05) is 25.0 Å². The van der Waals surface area contributed by atoms with E-state index in [0.29, 0.717) is 18.1 Å². The lowest BCUT2D eigenvalue weighted by molar-refractivity contribution is -0.0605. The zero-order valence-electron chi connectivity index (χ0n) is 61.7. The zero-order valence-corrected chi connectivity index (χ0v) is 62.5. The number of aliphatic hydroxyl groups excluding tert-OH is 2. The summed E-state index contributed by atoms with van der Waals surface area (Å²) in [5.41, 5.74) is 8.59. The minimum atomic E-state index is -3.67. The van der Waals surface area contributed by atoms with Gasteiger partial charge in [0.2, 0.25) is 0 Å². The molecule has 0 bridgehead atoms. The van der Waals surface area contributed by atoms with Crippen molar-refractivity contribution in [3.05, 3.63) is 69.9 Å². The van der Waals surface area contributed by atoms with E-state index in [2.05, 4.69) is 133 Å². The van der Waals surface area contributed by atoms with Crippen LogP contribution in [0.15, 0.2) is 69.9 Å². The molecule has 4 fully saturated rings. The molecule has 12 heteroatoms. The van der Waals surface area contributed by atoms with Gasteiger partial charge in [-0.05, 0) is 255 Å². The average molecular weight is 1310 g/mol. The first kappa shape index (κ1) is 84.3. The maximum Gasteiger partial charge on any atom is 0.261 e. The predicted molar refractivity (Wildman–Crippen MR) is 386 cm³/mol. The summed E-state index contributed by atoms with van der Waals surface area (Å²) >= 11 is 0. The molecule has 5 N–H and O–H groups in total. The lowest BCUT2D eigenvalue weighted by atomic mass is 9.68. The molecule has 0 radical (unpaired) electrons. The van der Waals surface area contributed by atoms with E-state index in [9.17, 15) is 28.8 Å². The predicted octanol–water partition coefficient (Wildman–Crippen LogP) is 19.3. The van der Waals surface area contributed by atoms with Gasteiger partial charge in [-0.2, -0.15) is 8.42 Å². The van der Waals surface area contributed by atoms with Gasteiger partial charge in [-0.15, -0.1) is 0 Å². The smallest absolute Gasteiger partial charge is 0.261 e. The lowest BCUT2D eigenvalue weighted by Crippen LogP contribution is -2.43. The van der Waals surface area contributed by atoms with Crippen molar-refractivity contribution in [2.24, 2.45) is 71.0 Å². The van der Waals surface area contributed by atoms with Gasteiger partial charge in [-0.1, -0.05) is 160 Å². The summed E-state index contributed by atoms with van der Waals surface area (Å²) in [6, 6.07) is 0. The van der Waals surface area contributed by atoms with Crippen molar-refractivity contribution < 1.29 is 52.3 Å². The first-order valence-electron chi connectivity index (χ1n) is 37.1. The summed E-state index contributed by atoms with van der Waals surface area (Å²) in [4.78, 5) is 0. The molecule has 0 aromatic heterocycles. The highest BCUT2D eigenvalue weighted by molar-refractivity contribution is 7.85. The van der Waals surface area contributed by atoms with Gasteiger partial charge in [0.25, 0.3) is 10.1 Å². The molecule has 11 nitrogen and oxygen atoms in total. The van der Waals surface area contributed by atoms with Gasteiger partial charge in [-0.3, -0.25) is 4.55 Å². The fraction of sp³-hybridized carbons (Fsp3) is 0.850. The Morgan fingerprint density at radius 2 is 0.848 bits per heavy atom. The standard InChI is InChI=1S/2C13H24O2.4C13H22O.CH4O3S.CH4/c1-4-13(15,5-2)12-7-6-10(3)8-11(12)9-14;1-4-13(15,5-2)12-8-10(3)6-7-11(12)9-14;2*1-4-13(5-2)12-7-6-10(3)8-11(12)9-14-13;2*1-4-13(5-2)12-8-10(3)6-7-11(12)9-14-13;1-5(2,3)4;/h2*6,11-12,14-15H,4-5,7-9H2,1-3H3;8,11-12H,4-7,9H2,1-3H3;6,11-12H,4-5,7-9H2,1-3H3;8,11-12H,4-7,9H2,1-3H3;6,11-12H,4-5,7-9H2,1-3H3;1H3,(H,2,3,4);1H4. The first-order valence-corrected chi connectivity index (χ1v) is 39.0. The molecule has 12 unspecified atom stereocenters. The molecule has 0 amide bonds. The molecule has 0 aromatic rings. The SMILES string of the molecule is C.CCC(O)(CC)C1CC(C)=CCC1CO.CCC(O)(CC)C1CC=C(C)CC1CO.CCC1(CC)OCC2C=C(C)CCC21.CCC1(CC)OCC2CC(C)=CCC21.CCC1(CC)OCC2CC=C(C)CC21.CCC1(CC)OCC2CCC(C)=CC21.CS(=O)(=O)O. The van der Waals surface area contributed by atoms with E-state index < -0.39 is 21.3 Å². The van der Waals surface area contributed by atoms with Crippen LogP contribution < -0.4 is 0 Å². The zero-order chi connectivity index (χ0) is 68.2. The molecule has 536 valence electrons. The maximum absolute atomic E-state index is 10.5. The fourth-order valence-electron chi connectivity index (χ4n) is 18.6. The molecular weight excluding hydrogens is 1170 g/mol. The van der Waals surface area contributed by atoms with Gasteiger partial charge >= 0.3 is 0 Å². The molecule has 4 aliphatic heterocycles. The Bertz CT molecular complexity index is 2440. The molecular formula is C80H144O11S. The van der Waals surface area contributed by atoms with E-state index in [1.165, 1.54) is 101 Å². The van der Waals surface area contributed by atoms with E-state index in [1.54, 1.807) is 22.3 Å². The number of hydrogen-bond donors (Lipinski definition) is 5. The van der Waals surface area contributed by atoms with Crippen molar-refractivity contribution in [3.63, 3.8) is 0 Å². The number of rotatable bonds is 16. The second-order valence-corrected chi connectivity index (χ2v) is 31.6. The topological polar surface area (TPSA) is 172 Å². The number of allylic oxidation sites excluding steroid dienone is 10. The van der Waals surface area contributed by atoms with Crippen LogP contribution in [0.25, 0.3) is 0 Å². The van der Waals surface area contributed by atoms with Crippen molar-refractivity contribution in [1.82, 2.24) is 0 Å². The molecule has 0 spiro atoms. The second kappa shape index (κ2) is 38.4. The summed E-state index contributed by atoms with van der Waals surface area (Å²) in [6.45, 7) is 43.9. The Balaban J connectivity index is 0.000000283.